The van der Waals surface area contributed by atoms with Gasteiger partial charge in [0.15, 0.2) is 0 Å². The van der Waals surface area contributed by atoms with Crippen molar-refractivity contribution in [2.75, 3.05) is 23.7 Å². The number of halogens is 1. The average Bonchev–Trinajstić information content (AvgIpc) is 3.27. The molecule has 2 aromatic carbocycles. The highest BCUT2D eigenvalue weighted by atomic mass is 19.1. The fourth-order valence-corrected chi connectivity index (χ4v) is 3.22. The van der Waals surface area contributed by atoms with Crippen LogP contribution in [0.5, 0.6) is 0 Å². The third-order valence-electron chi connectivity index (χ3n) is 4.29. The summed E-state index contributed by atoms with van der Waals surface area (Å²) < 4.78 is 14.5. The molecule has 28 heavy (non-hydrogen) atoms. The number of aliphatic carboxylic acids is 1. The highest BCUT2D eigenvalue weighted by molar-refractivity contribution is 6.28. The summed E-state index contributed by atoms with van der Waals surface area (Å²) in [4.78, 5) is 24.6. The summed E-state index contributed by atoms with van der Waals surface area (Å²) in [5.74, 6) is -1.39. The van der Waals surface area contributed by atoms with Crippen LogP contribution in [0.4, 0.5) is 15.8 Å². The molecular weight excluding hydrogens is 363 g/mol. The zero-order valence-corrected chi connectivity index (χ0v) is 15.3. The molecule has 1 aliphatic heterocycles. The number of H-pyrrole nitrogens is 1. The third kappa shape index (κ3) is 3.67. The van der Waals surface area contributed by atoms with Crippen LogP contribution in [0.25, 0.3) is 22.0 Å². The van der Waals surface area contributed by atoms with Crippen molar-refractivity contribution in [1.82, 2.24) is 4.98 Å². The molecule has 6 N–H and O–H groups in total. The standard InChI is InChI=1S/C18H17FN4O.C2H4O2/c19-11-4-5-13-17-15(18(24)23-13)10(12-3-1-7-21-12)9-14(16(11)17)22-8-2-6-20;1-2(3)4/h1,3-5,7,9,21-22H,2,6,8,20H2,(H,23,24);1H3,(H,3,4). The molecule has 1 amide bonds. The maximum atomic E-state index is 14.5. The summed E-state index contributed by atoms with van der Waals surface area (Å²) in [7, 11) is 0. The molecule has 1 aliphatic rings. The number of nitrogens with one attached hydrogen (secondary N) is 3. The summed E-state index contributed by atoms with van der Waals surface area (Å²) in [5, 5.41) is 14.6. The van der Waals surface area contributed by atoms with Crippen molar-refractivity contribution in [3.8, 4) is 11.3 Å². The van der Waals surface area contributed by atoms with Crippen LogP contribution in [-0.4, -0.2) is 35.1 Å². The lowest BCUT2D eigenvalue weighted by molar-refractivity contribution is -0.134. The number of benzene rings is 2. The Morgan fingerprint density at radius 1 is 1.29 bits per heavy atom. The maximum absolute atomic E-state index is 14.5. The zero-order chi connectivity index (χ0) is 20.3. The highest BCUT2D eigenvalue weighted by Gasteiger charge is 2.29. The van der Waals surface area contributed by atoms with E-state index >= 15 is 0 Å². The second kappa shape index (κ2) is 8.10. The minimum Gasteiger partial charge on any atom is -0.481 e. The van der Waals surface area contributed by atoms with Crippen molar-refractivity contribution in [3.63, 3.8) is 0 Å². The van der Waals surface area contributed by atoms with E-state index in [-0.39, 0.29) is 11.7 Å². The first-order chi connectivity index (χ1) is 13.4. The SMILES string of the molecule is CC(=O)O.NCCCNc1cc(-c2ccc[nH]2)c2c3c(ccc(F)c13)NC2=O. The number of nitrogens with two attached hydrogens (primary N) is 1. The number of carbonyl (C=O) groups excluding carboxylic acids is 1. The summed E-state index contributed by atoms with van der Waals surface area (Å²) >= 11 is 0. The van der Waals surface area contributed by atoms with E-state index in [4.69, 9.17) is 15.6 Å². The van der Waals surface area contributed by atoms with Crippen molar-refractivity contribution in [1.29, 1.82) is 0 Å². The number of carboxylic acids is 1. The summed E-state index contributed by atoms with van der Waals surface area (Å²) in [6, 6.07) is 8.58. The Kier molecular flexibility index (Phi) is 5.60. The first-order valence-corrected chi connectivity index (χ1v) is 8.81. The van der Waals surface area contributed by atoms with E-state index in [0.29, 0.717) is 40.8 Å². The topological polar surface area (TPSA) is 120 Å². The van der Waals surface area contributed by atoms with Gasteiger partial charge < -0.3 is 26.5 Å². The largest absolute Gasteiger partial charge is 0.481 e. The van der Waals surface area contributed by atoms with Gasteiger partial charge in [-0.15, -0.1) is 0 Å². The normalized spacial score (nSPS) is 11.8. The second-order valence-electron chi connectivity index (χ2n) is 6.32. The van der Waals surface area contributed by atoms with Crippen LogP contribution < -0.4 is 16.4 Å². The van der Waals surface area contributed by atoms with Gasteiger partial charge in [0.05, 0.1) is 5.56 Å². The number of aromatic nitrogens is 1. The van der Waals surface area contributed by atoms with E-state index in [1.54, 1.807) is 12.3 Å². The lowest BCUT2D eigenvalue weighted by Gasteiger charge is -2.14. The number of carboxylic acid groups (broad SMARTS) is 1. The van der Waals surface area contributed by atoms with Gasteiger partial charge >= 0.3 is 0 Å². The first kappa shape index (κ1) is 19.4. The zero-order valence-electron chi connectivity index (χ0n) is 15.3. The van der Waals surface area contributed by atoms with E-state index in [9.17, 15) is 9.18 Å². The van der Waals surface area contributed by atoms with Gasteiger partial charge in [-0.3, -0.25) is 9.59 Å². The number of hydrogen-bond donors (Lipinski definition) is 5. The van der Waals surface area contributed by atoms with Crippen LogP contribution in [0.15, 0.2) is 36.5 Å². The second-order valence-corrected chi connectivity index (χ2v) is 6.32. The predicted octanol–water partition coefficient (Wildman–Crippen LogP) is 3.39. The molecule has 8 heteroatoms. The van der Waals surface area contributed by atoms with E-state index in [0.717, 1.165) is 24.6 Å². The van der Waals surface area contributed by atoms with Crippen molar-refractivity contribution < 1.29 is 19.1 Å². The van der Waals surface area contributed by atoms with Gasteiger partial charge in [0, 0.05) is 53.1 Å². The van der Waals surface area contributed by atoms with Crippen LogP contribution in [0.2, 0.25) is 0 Å². The summed E-state index contributed by atoms with van der Waals surface area (Å²) in [5.41, 5.74) is 8.94. The molecule has 0 saturated carbocycles. The Morgan fingerprint density at radius 3 is 2.68 bits per heavy atom. The van der Waals surface area contributed by atoms with Gasteiger partial charge in [-0.2, -0.15) is 0 Å². The summed E-state index contributed by atoms with van der Waals surface area (Å²) in [6.07, 6.45) is 2.58. The molecule has 0 aliphatic carbocycles. The molecule has 146 valence electrons. The van der Waals surface area contributed by atoms with Crippen molar-refractivity contribution in [3.05, 3.63) is 47.9 Å². The monoisotopic (exact) mass is 384 g/mol. The maximum Gasteiger partial charge on any atom is 0.300 e. The van der Waals surface area contributed by atoms with Crippen molar-refractivity contribution in [2.45, 2.75) is 13.3 Å². The molecule has 0 radical (unpaired) electrons. The minimum atomic E-state index is -0.833. The van der Waals surface area contributed by atoms with E-state index < -0.39 is 5.97 Å². The Labute approximate surface area is 160 Å². The van der Waals surface area contributed by atoms with Gasteiger partial charge in [0.25, 0.3) is 11.9 Å². The molecule has 2 heterocycles. The van der Waals surface area contributed by atoms with E-state index in [1.807, 2.05) is 18.2 Å². The lowest BCUT2D eigenvalue weighted by Crippen LogP contribution is -2.10. The van der Waals surface area contributed by atoms with Crippen LogP contribution >= 0.6 is 0 Å². The molecule has 0 saturated heterocycles. The number of aromatic amines is 1. The Morgan fingerprint density at radius 2 is 2.04 bits per heavy atom. The molecular formula is C20H21FN4O3. The number of rotatable bonds is 5. The molecule has 0 unspecified atom stereocenters. The summed E-state index contributed by atoms with van der Waals surface area (Å²) in [6.45, 7) is 2.28. The molecule has 1 aromatic heterocycles. The number of amides is 1. The number of anilines is 2. The highest BCUT2D eigenvalue weighted by Crippen LogP contribution is 2.43. The molecule has 7 nitrogen and oxygen atoms in total. The minimum absolute atomic E-state index is 0.210. The van der Waals surface area contributed by atoms with Crippen LogP contribution in [0.3, 0.4) is 0 Å². The molecule has 0 bridgehead atoms. The Balaban J connectivity index is 0.000000516. The predicted molar refractivity (Wildman–Crippen MR) is 107 cm³/mol. The number of carbonyl (C=O) groups is 2. The molecule has 3 aromatic rings. The fourth-order valence-electron chi connectivity index (χ4n) is 3.22. The van der Waals surface area contributed by atoms with Crippen molar-refractivity contribution in [2.24, 2.45) is 5.73 Å². The Bertz CT molecular complexity index is 1030. The lowest BCUT2D eigenvalue weighted by atomic mass is 9.96. The van der Waals surface area contributed by atoms with Crippen LogP contribution in [-0.2, 0) is 4.79 Å². The van der Waals surface area contributed by atoms with Gasteiger partial charge in [-0.1, -0.05) is 0 Å². The third-order valence-corrected chi connectivity index (χ3v) is 4.29. The van der Waals surface area contributed by atoms with Gasteiger partial charge in [-0.05, 0) is 43.3 Å². The van der Waals surface area contributed by atoms with Crippen molar-refractivity contribution >= 4 is 34.0 Å². The number of hydrogen-bond acceptors (Lipinski definition) is 4. The Hall–Kier alpha value is -3.39. The quantitative estimate of drug-likeness (QED) is 0.432. The average molecular weight is 384 g/mol. The van der Waals surface area contributed by atoms with Gasteiger partial charge in [-0.25, -0.2) is 4.39 Å². The van der Waals surface area contributed by atoms with E-state index in [2.05, 4.69) is 15.6 Å². The fraction of sp³-hybridized carbons (Fsp3) is 0.200. The molecule has 0 fully saturated rings. The molecule has 4 rings (SSSR count). The van der Waals surface area contributed by atoms with Crippen LogP contribution in [0.1, 0.15) is 23.7 Å². The molecule has 0 spiro atoms. The van der Waals surface area contributed by atoms with Gasteiger partial charge in [0.2, 0.25) is 0 Å². The smallest absolute Gasteiger partial charge is 0.300 e. The van der Waals surface area contributed by atoms with Gasteiger partial charge in [0.1, 0.15) is 5.82 Å². The van der Waals surface area contributed by atoms with Crippen LogP contribution in [0, 0.1) is 5.82 Å². The first-order valence-electron chi connectivity index (χ1n) is 8.81. The molecule has 0 atom stereocenters. The van der Waals surface area contributed by atoms with E-state index in [1.165, 1.54) is 6.07 Å².